The van der Waals surface area contributed by atoms with Gasteiger partial charge in [0.2, 0.25) is 0 Å². The molecule has 1 N–H and O–H groups in total. The molecule has 0 aromatic heterocycles. The fraction of sp³-hybridized carbons (Fsp3) is 0.364. The number of aryl methyl sites for hydroxylation is 2. The van der Waals surface area contributed by atoms with E-state index in [0.29, 0.717) is 22.9 Å². The summed E-state index contributed by atoms with van der Waals surface area (Å²) in [4.78, 5) is 27.3. The smallest absolute Gasteiger partial charge is 0.325 e. The maximum atomic E-state index is 13.3. The van der Waals surface area contributed by atoms with E-state index in [1.807, 2.05) is 6.07 Å². The van der Waals surface area contributed by atoms with Gasteiger partial charge in [0.25, 0.3) is 5.91 Å². The van der Waals surface area contributed by atoms with Crippen molar-refractivity contribution >= 4 is 23.5 Å². The Hall–Kier alpha value is -2.57. The first-order valence-corrected chi connectivity index (χ1v) is 10.1. The van der Waals surface area contributed by atoms with Gasteiger partial charge < -0.3 is 14.8 Å². The molecule has 6 nitrogen and oxygen atoms in total. The summed E-state index contributed by atoms with van der Waals surface area (Å²) in [5, 5.41) is 3.41. The van der Waals surface area contributed by atoms with Crippen molar-refractivity contribution in [3.05, 3.63) is 63.2 Å². The highest BCUT2D eigenvalue weighted by atomic mass is 35.5. The van der Waals surface area contributed by atoms with Crippen LogP contribution in [-0.4, -0.2) is 23.6 Å². The van der Waals surface area contributed by atoms with E-state index in [4.69, 9.17) is 21.1 Å². The minimum atomic E-state index is -1.09. The number of hydrogen-bond donors (Lipinski definition) is 1. The molecule has 2 heterocycles. The minimum absolute atomic E-state index is 0.0914. The summed E-state index contributed by atoms with van der Waals surface area (Å²) < 4.78 is 10.9. The summed E-state index contributed by atoms with van der Waals surface area (Å²) in [5.41, 5.74) is 3.83. The van der Waals surface area contributed by atoms with Gasteiger partial charge in [-0.15, -0.1) is 0 Å². The van der Waals surface area contributed by atoms with Crippen LogP contribution in [0.4, 0.5) is 4.79 Å². The van der Waals surface area contributed by atoms with Crippen LogP contribution in [0.5, 0.6) is 5.75 Å². The van der Waals surface area contributed by atoms with Crippen molar-refractivity contribution in [2.75, 3.05) is 6.79 Å². The second-order valence-electron chi connectivity index (χ2n) is 7.95. The molecule has 1 saturated heterocycles. The van der Waals surface area contributed by atoms with Crippen LogP contribution in [-0.2, 0) is 41.1 Å². The molecule has 2 aromatic carbocycles. The highest BCUT2D eigenvalue weighted by Crippen LogP contribution is 2.36. The van der Waals surface area contributed by atoms with Crippen LogP contribution in [0.15, 0.2) is 30.3 Å². The molecule has 7 heteroatoms. The Bertz CT molecular complexity index is 1040. The van der Waals surface area contributed by atoms with E-state index >= 15 is 0 Å². The molecule has 29 heavy (non-hydrogen) atoms. The lowest BCUT2D eigenvalue weighted by Crippen LogP contribution is -2.41. The predicted octanol–water partition coefficient (Wildman–Crippen LogP) is 3.66. The zero-order valence-electron chi connectivity index (χ0n) is 16.1. The molecule has 0 bridgehead atoms. The molecule has 2 aliphatic heterocycles. The summed E-state index contributed by atoms with van der Waals surface area (Å²) in [6.45, 7) is 2.38. The van der Waals surface area contributed by atoms with E-state index in [1.54, 1.807) is 19.1 Å². The summed E-state index contributed by atoms with van der Waals surface area (Å²) in [6, 6.07) is 9.18. The maximum Gasteiger partial charge on any atom is 0.325 e. The van der Waals surface area contributed by atoms with E-state index in [1.165, 1.54) is 16.0 Å². The molecular formula is C22H21ClN2O4. The van der Waals surface area contributed by atoms with Crippen LogP contribution < -0.4 is 10.1 Å². The third kappa shape index (κ3) is 2.98. The van der Waals surface area contributed by atoms with Crippen LogP contribution in [0.3, 0.4) is 0 Å². The number of carbonyl (C=O) groups excluding carboxylic acids is 2. The van der Waals surface area contributed by atoms with Crippen molar-refractivity contribution in [3.63, 3.8) is 0 Å². The zero-order chi connectivity index (χ0) is 20.2. The minimum Gasteiger partial charge on any atom is -0.467 e. The van der Waals surface area contributed by atoms with Gasteiger partial charge in [0, 0.05) is 16.1 Å². The molecule has 3 aliphatic rings. The lowest BCUT2D eigenvalue weighted by Gasteiger charge is -2.24. The molecule has 1 atom stereocenters. The number of imide groups is 1. The van der Waals surface area contributed by atoms with Crippen LogP contribution >= 0.6 is 11.6 Å². The molecule has 1 fully saturated rings. The number of fused-ring (bicyclic) bond motifs is 2. The van der Waals surface area contributed by atoms with E-state index in [2.05, 4.69) is 17.4 Å². The summed E-state index contributed by atoms with van der Waals surface area (Å²) in [6.07, 6.45) is 3.22. The maximum absolute atomic E-state index is 13.3. The molecule has 0 unspecified atom stereocenters. The third-order valence-electron chi connectivity index (χ3n) is 6.03. The topological polar surface area (TPSA) is 67.9 Å². The van der Waals surface area contributed by atoms with Crippen molar-refractivity contribution in [2.24, 2.45) is 0 Å². The van der Waals surface area contributed by atoms with E-state index in [9.17, 15) is 9.59 Å². The average molecular weight is 413 g/mol. The van der Waals surface area contributed by atoms with E-state index in [-0.39, 0.29) is 19.2 Å². The first-order valence-electron chi connectivity index (χ1n) is 9.74. The number of ether oxygens (including phenoxy) is 2. The molecule has 1 aliphatic carbocycles. The average Bonchev–Trinajstić information content (AvgIpc) is 3.26. The molecule has 150 valence electrons. The van der Waals surface area contributed by atoms with Crippen molar-refractivity contribution in [1.82, 2.24) is 10.2 Å². The Labute approximate surface area is 173 Å². The van der Waals surface area contributed by atoms with Crippen molar-refractivity contribution in [2.45, 2.75) is 44.9 Å². The molecule has 5 rings (SSSR count). The standard InChI is InChI=1S/C22H21ClN2O4/c1-22(17-6-5-13-3-2-4-14(13)7-17)20(26)25(21(27)24-22)10-15-8-18(23)9-16-11-28-12-29-19(15)16/h5-9H,2-4,10-12H2,1H3,(H,24,27)/t22-/m1/s1. The number of rotatable bonds is 3. The number of carbonyl (C=O) groups is 2. The monoisotopic (exact) mass is 412 g/mol. The summed E-state index contributed by atoms with van der Waals surface area (Å²) in [7, 11) is 0. The third-order valence-corrected chi connectivity index (χ3v) is 6.25. The Morgan fingerprint density at radius 2 is 1.97 bits per heavy atom. The zero-order valence-corrected chi connectivity index (χ0v) is 16.8. The van der Waals surface area contributed by atoms with Gasteiger partial charge in [-0.2, -0.15) is 0 Å². The van der Waals surface area contributed by atoms with Gasteiger partial charge >= 0.3 is 6.03 Å². The van der Waals surface area contributed by atoms with Crippen LogP contribution in [0.1, 0.15) is 41.2 Å². The van der Waals surface area contributed by atoms with Crippen LogP contribution in [0.2, 0.25) is 5.02 Å². The number of benzene rings is 2. The Kier molecular flexibility index (Phi) is 4.29. The lowest BCUT2D eigenvalue weighted by atomic mass is 9.89. The quantitative estimate of drug-likeness (QED) is 0.781. The molecule has 3 amide bonds. The Morgan fingerprint density at radius 3 is 2.83 bits per heavy atom. The molecule has 2 aromatic rings. The Morgan fingerprint density at radius 1 is 1.14 bits per heavy atom. The number of urea groups is 1. The SMILES string of the molecule is C[C@]1(c2ccc3c(c2)CCC3)NC(=O)N(Cc2cc(Cl)cc3c2OCOC3)C1=O. The fourth-order valence-corrected chi connectivity index (χ4v) is 4.73. The molecular weight excluding hydrogens is 392 g/mol. The largest absolute Gasteiger partial charge is 0.467 e. The Balaban J connectivity index is 1.47. The van der Waals surface area contributed by atoms with Gasteiger partial charge in [-0.25, -0.2) is 4.79 Å². The van der Waals surface area contributed by atoms with Crippen molar-refractivity contribution in [1.29, 1.82) is 0 Å². The first kappa shape index (κ1) is 18.5. The second kappa shape index (κ2) is 6.75. The van der Waals surface area contributed by atoms with E-state index in [0.717, 1.165) is 30.4 Å². The molecule has 0 radical (unpaired) electrons. The molecule has 0 saturated carbocycles. The number of nitrogens with zero attached hydrogens (tertiary/aromatic N) is 1. The number of amides is 3. The normalized spacial score (nSPS) is 22.9. The van der Waals surface area contributed by atoms with E-state index < -0.39 is 11.6 Å². The van der Waals surface area contributed by atoms with Gasteiger partial charge in [0.15, 0.2) is 6.79 Å². The number of nitrogens with one attached hydrogen (secondary N) is 1. The lowest BCUT2D eigenvalue weighted by molar-refractivity contribution is -0.131. The van der Waals surface area contributed by atoms with Crippen molar-refractivity contribution in [3.8, 4) is 5.75 Å². The molecule has 0 spiro atoms. The van der Waals surface area contributed by atoms with Gasteiger partial charge in [0.05, 0.1) is 13.2 Å². The van der Waals surface area contributed by atoms with Gasteiger partial charge in [0.1, 0.15) is 11.3 Å². The van der Waals surface area contributed by atoms with Gasteiger partial charge in [-0.05, 0) is 55.0 Å². The summed E-state index contributed by atoms with van der Waals surface area (Å²) >= 11 is 6.23. The number of hydrogen-bond acceptors (Lipinski definition) is 4. The second-order valence-corrected chi connectivity index (χ2v) is 8.38. The predicted molar refractivity (Wildman–Crippen MR) is 107 cm³/mol. The highest BCUT2D eigenvalue weighted by molar-refractivity contribution is 6.30. The van der Waals surface area contributed by atoms with Crippen molar-refractivity contribution < 1.29 is 19.1 Å². The highest BCUT2D eigenvalue weighted by Gasteiger charge is 2.49. The first-order chi connectivity index (χ1) is 14.0. The van der Waals surface area contributed by atoms with Crippen LogP contribution in [0, 0.1) is 0 Å². The fourth-order valence-electron chi connectivity index (χ4n) is 4.46. The van der Waals surface area contributed by atoms with Crippen LogP contribution in [0.25, 0.3) is 0 Å². The summed E-state index contributed by atoms with van der Waals surface area (Å²) in [5.74, 6) is 0.355. The number of halogens is 1. The van der Waals surface area contributed by atoms with Gasteiger partial charge in [-0.3, -0.25) is 9.69 Å². The van der Waals surface area contributed by atoms with Gasteiger partial charge in [-0.1, -0.05) is 29.8 Å².